The number of piperidine rings is 1. The van der Waals surface area contributed by atoms with Gasteiger partial charge in [0.2, 0.25) is 5.91 Å². The van der Waals surface area contributed by atoms with Gasteiger partial charge in [-0.3, -0.25) is 4.79 Å². The van der Waals surface area contributed by atoms with Crippen LogP contribution in [0.15, 0.2) is 24.3 Å². The number of anilines is 1. The van der Waals surface area contributed by atoms with Crippen LogP contribution in [0.4, 0.5) is 5.69 Å². The summed E-state index contributed by atoms with van der Waals surface area (Å²) in [6.45, 7) is 2.79. The van der Waals surface area contributed by atoms with Crippen molar-refractivity contribution in [3.63, 3.8) is 0 Å². The molecule has 1 saturated heterocycles. The number of terminal acetylenes is 1. The number of likely N-dealkylation sites (N-methyl/N-ethyl adjacent to an activating group) is 1. The lowest BCUT2D eigenvalue weighted by molar-refractivity contribution is -0.116. The molecule has 2 rings (SSSR count). The highest BCUT2D eigenvalue weighted by molar-refractivity contribution is 7.86. The first kappa shape index (κ1) is 18.5. The third-order valence-corrected chi connectivity index (χ3v) is 5.92. The van der Waals surface area contributed by atoms with Crippen molar-refractivity contribution in [3.8, 4) is 12.3 Å². The monoisotopic (exact) mass is 349 g/mol. The van der Waals surface area contributed by atoms with Crippen molar-refractivity contribution in [1.29, 1.82) is 0 Å². The molecule has 1 aromatic rings. The number of benzene rings is 1. The molecule has 1 heterocycles. The minimum Gasteiger partial charge on any atom is -0.325 e. The first-order valence-corrected chi connectivity index (χ1v) is 9.30. The summed E-state index contributed by atoms with van der Waals surface area (Å²) in [4.78, 5) is 12.1. The number of amides is 1. The van der Waals surface area contributed by atoms with Crippen LogP contribution in [0.3, 0.4) is 0 Å². The minimum atomic E-state index is -3.62. The van der Waals surface area contributed by atoms with Crippen LogP contribution < -0.4 is 5.32 Å². The van der Waals surface area contributed by atoms with Crippen molar-refractivity contribution in [2.24, 2.45) is 5.92 Å². The number of nitrogens with zero attached hydrogens (tertiary/aromatic N) is 2. The van der Waals surface area contributed by atoms with Gasteiger partial charge in [-0.25, -0.2) is 0 Å². The van der Waals surface area contributed by atoms with Gasteiger partial charge in [-0.15, -0.1) is 6.42 Å². The van der Waals surface area contributed by atoms with Gasteiger partial charge in [0.25, 0.3) is 10.2 Å². The summed E-state index contributed by atoms with van der Waals surface area (Å²) in [5.74, 6) is 2.42. The van der Waals surface area contributed by atoms with E-state index in [9.17, 15) is 13.2 Å². The number of carbonyl (C=O) groups is 1. The van der Waals surface area contributed by atoms with E-state index in [4.69, 9.17) is 6.42 Å². The maximum Gasteiger partial charge on any atom is 0.282 e. The fourth-order valence-electron chi connectivity index (χ4n) is 2.72. The highest BCUT2D eigenvalue weighted by Gasteiger charge is 2.31. The fraction of sp³-hybridized carbons (Fsp3) is 0.471. The number of rotatable bonds is 5. The van der Waals surface area contributed by atoms with Gasteiger partial charge >= 0.3 is 0 Å². The van der Waals surface area contributed by atoms with E-state index < -0.39 is 16.1 Å². The van der Waals surface area contributed by atoms with E-state index in [0.717, 1.165) is 17.1 Å². The number of nitrogens with one attached hydrogen (secondary N) is 1. The Kier molecular flexibility index (Phi) is 5.99. The zero-order valence-electron chi connectivity index (χ0n) is 14.0. The second kappa shape index (κ2) is 7.79. The van der Waals surface area contributed by atoms with Crippen molar-refractivity contribution < 1.29 is 13.2 Å². The Labute approximate surface area is 144 Å². The molecular formula is C17H23N3O3S. The van der Waals surface area contributed by atoms with Crippen molar-refractivity contribution in [2.45, 2.75) is 19.8 Å². The first-order chi connectivity index (χ1) is 11.3. The Hall–Kier alpha value is -1.88. The molecule has 1 N–H and O–H groups in total. The van der Waals surface area contributed by atoms with Crippen LogP contribution in [-0.2, 0) is 15.0 Å². The highest BCUT2D eigenvalue weighted by atomic mass is 32.2. The van der Waals surface area contributed by atoms with Crippen LogP contribution in [-0.4, -0.2) is 49.6 Å². The molecule has 1 atom stereocenters. The molecule has 1 fully saturated rings. The second-order valence-electron chi connectivity index (χ2n) is 6.14. The average molecular weight is 349 g/mol. The van der Waals surface area contributed by atoms with Crippen molar-refractivity contribution in [3.05, 3.63) is 29.8 Å². The minimum absolute atomic E-state index is 0.243. The largest absolute Gasteiger partial charge is 0.325 e. The number of hydrogen-bond acceptors (Lipinski definition) is 3. The van der Waals surface area contributed by atoms with Crippen LogP contribution in [0.5, 0.6) is 0 Å². The Balaban J connectivity index is 1.98. The normalized spacial score (nSPS) is 19.0. The molecule has 7 heteroatoms. The van der Waals surface area contributed by atoms with Gasteiger partial charge in [0.15, 0.2) is 0 Å². The molecule has 0 saturated carbocycles. The maximum absolute atomic E-state index is 12.6. The van der Waals surface area contributed by atoms with Gasteiger partial charge in [0.05, 0.1) is 6.54 Å². The van der Waals surface area contributed by atoms with Crippen LogP contribution >= 0.6 is 0 Å². The summed E-state index contributed by atoms with van der Waals surface area (Å²) in [6, 6.07) is 6.86. The molecule has 1 aliphatic heterocycles. The highest BCUT2D eigenvalue weighted by Crippen LogP contribution is 2.20. The molecule has 1 aromatic carbocycles. The number of hydrogen-bond donors (Lipinski definition) is 1. The van der Waals surface area contributed by atoms with Crippen molar-refractivity contribution in [1.82, 2.24) is 8.61 Å². The Morgan fingerprint density at radius 3 is 2.92 bits per heavy atom. The summed E-state index contributed by atoms with van der Waals surface area (Å²) >= 11 is 0. The molecule has 1 aliphatic rings. The van der Waals surface area contributed by atoms with E-state index in [-0.39, 0.29) is 6.54 Å². The van der Waals surface area contributed by atoms with E-state index in [0.29, 0.717) is 30.3 Å². The molecular weight excluding hydrogens is 326 g/mol. The van der Waals surface area contributed by atoms with Gasteiger partial charge < -0.3 is 5.32 Å². The molecule has 1 amide bonds. The summed E-state index contributed by atoms with van der Waals surface area (Å²) in [5.41, 5.74) is 1.20. The fourth-order valence-corrected chi connectivity index (χ4v) is 4.20. The van der Waals surface area contributed by atoms with Crippen LogP contribution in [0.1, 0.15) is 25.3 Å². The lowest BCUT2D eigenvalue weighted by Crippen LogP contribution is -2.48. The zero-order valence-corrected chi connectivity index (χ0v) is 14.8. The predicted octanol–water partition coefficient (Wildman–Crippen LogP) is 1.51. The summed E-state index contributed by atoms with van der Waals surface area (Å²) in [6.07, 6.45) is 7.20. The molecule has 130 valence electrons. The molecule has 0 aromatic heterocycles. The third kappa shape index (κ3) is 4.57. The molecule has 0 unspecified atom stereocenters. The smallest absolute Gasteiger partial charge is 0.282 e. The first-order valence-electron chi connectivity index (χ1n) is 7.91. The predicted molar refractivity (Wildman–Crippen MR) is 94.5 cm³/mol. The molecule has 0 bridgehead atoms. The van der Waals surface area contributed by atoms with Gasteiger partial charge in [-0.1, -0.05) is 18.9 Å². The summed E-state index contributed by atoms with van der Waals surface area (Å²) < 4.78 is 27.7. The van der Waals surface area contributed by atoms with Crippen LogP contribution in [0.25, 0.3) is 0 Å². The van der Waals surface area contributed by atoms with Gasteiger partial charge in [0.1, 0.15) is 0 Å². The van der Waals surface area contributed by atoms with E-state index in [1.54, 1.807) is 24.3 Å². The van der Waals surface area contributed by atoms with E-state index in [1.807, 2.05) is 6.92 Å². The quantitative estimate of drug-likeness (QED) is 0.820. The Bertz CT molecular complexity index is 740. The Morgan fingerprint density at radius 2 is 2.25 bits per heavy atom. The second-order valence-corrected chi connectivity index (χ2v) is 8.18. The molecule has 24 heavy (non-hydrogen) atoms. The van der Waals surface area contributed by atoms with E-state index >= 15 is 0 Å². The Morgan fingerprint density at radius 1 is 1.50 bits per heavy atom. The standard InChI is InChI=1S/C17H23N3O3S/c1-4-15-8-5-9-16(11-15)18-17(21)13-19(3)24(22,23)20-10-6-7-14(2)12-20/h1,5,8-9,11,14H,6-7,10,12-13H2,2-3H3,(H,18,21)/t14-/m0/s1. The lowest BCUT2D eigenvalue weighted by Gasteiger charge is -2.32. The zero-order chi connectivity index (χ0) is 17.7. The van der Waals surface area contributed by atoms with Gasteiger partial charge in [0, 0.05) is 31.4 Å². The van der Waals surface area contributed by atoms with Crippen molar-refractivity contribution >= 4 is 21.8 Å². The SMILES string of the molecule is C#Cc1cccc(NC(=O)CN(C)S(=O)(=O)N2CCC[C@H](C)C2)c1. The molecule has 0 radical (unpaired) electrons. The van der Waals surface area contributed by atoms with Crippen molar-refractivity contribution in [2.75, 3.05) is 32.0 Å². The van der Waals surface area contributed by atoms with Crippen LogP contribution in [0, 0.1) is 18.3 Å². The lowest BCUT2D eigenvalue weighted by atomic mass is 10.0. The van der Waals surface area contributed by atoms with E-state index in [2.05, 4.69) is 11.2 Å². The van der Waals surface area contributed by atoms with Gasteiger partial charge in [-0.2, -0.15) is 17.0 Å². The molecule has 0 aliphatic carbocycles. The topological polar surface area (TPSA) is 69.7 Å². The molecule has 0 spiro atoms. The third-order valence-electron chi connectivity index (χ3n) is 4.02. The summed E-state index contributed by atoms with van der Waals surface area (Å²) in [7, 11) is -2.20. The average Bonchev–Trinajstić information content (AvgIpc) is 2.54. The van der Waals surface area contributed by atoms with E-state index in [1.165, 1.54) is 11.4 Å². The maximum atomic E-state index is 12.6. The molecule has 6 nitrogen and oxygen atoms in total. The number of carbonyl (C=O) groups excluding carboxylic acids is 1. The summed E-state index contributed by atoms with van der Waals surface area (Å²) in [5, 5.41) is 2.67. The van der Waals surface area contributed by atoms with Crippen LogP contribution in [0.2, 0.25) is 0 Å². The van der Waals surface area contributed by atoms with Gasteiger partial charge in [-0.05, 0) is 37.0 Å².